The van der Waals surface area contributed by atoms with E-state index in [-0.39, 0.29) is 18.4 Å². The van der Waals surface area contributed by atoms with Gasteiger partial charge in [-0.05, 0) is 32.4 Å². The number of rotatable bonds is 6. The molecule has 4 nitrogen and oxygen atoms in total. The molecule has 5 heteroatoms. The van der Waals surface area contributed by atoms with E-state index in [1.54, 1.807) is 6.07 Å². The quantitative estimate of drug-likeness (QED) is 0.610. The Morgan fingerprint density at radius 3 is 2.72 bits per heavy atom. The van der Waals surface area contributed by atoms with Gasteiger partial charge in [0.1, 0.15) is 0 Å². The van der Waals surface area contributed by atoms with Gasteiger partial charge in [-0.25, -0.2) is 0 Å². The third kappa shape index (κ3) is 5.14. The SMILES string of the molecule is C/C=C/CCNC(=O)CNC(=O)c1ccc(C)s1. The summed E-state index contributed by atoms with van der Waals surface area (Å²) < 4.78 is 0. The van der Waals surface area contributed by atoms with E-state index >= 15 is 0 Å². The van der Waals surface area contributed by atoms with Gasteiger partial charge in [-0.15, -0.1) is 11.3 Å². The molecule has 0 bridgehead atoms. The van der Waals surface area contributed by atoms with Gasteiger partial charge in [0, 0.05) is 11.4 Å². The molecule has 0 spiro atoms. The average molecular weight is 266 g/mol. The number of thiophene rings is 1. The summed E-state index contributed by atoms with van der Waals surface area (Å²) in [6.07, 6.45) is 4.72. The summed E-state index contributed by atoms with van der Waals surface area (Å²) in [4.78, 5) is 24.8. The number of hydrogen-bond acceptors (Lipinski definition) is 3. The number of hydrogen-bond donors (Lipinski definition) is 2. The molecule has 0 saturated carbocycles. The lowest BCUT2D eigenvalue weighted by Gasteiger charge is -2.04. The minimum atomic E-state index is -0.197. The van der Waals surface area contributed by atoms with Gasteiger partial charge in [0.05, 0.1) is 11.4 Å². The van der Waals surface area contributed by atoms with Crippen LogP contribution in [-0.2, 0) is 4.79 Å². The van der Waals surface area contributed by atoms with Crippen LogP contribution in [0.25, 0.3) is 0 Å². The zero-order valence-corrected chi connectivity index (χ0v) is 11.5. The summed E-state index contributed by atoms with van der Waals surface area (Å²) in [6, 6.07) is 3.65. The Hall–Kier alpha value is -1.62. The Bertz CT molecular complexity index is 438. The topological polar surface area (TPSA) is 58.2 Å². The summed E-state index contributed by atoms with van der Waals surface area (Å²) in [5, 5.41) is 5.32. The first-order valence-electron chi connectivity index (χ1n) is 5.86. The average Bonchev–Trinajstić information content (AvgIpc) is 2.78. The van der Waals surface area contributed by atoms with Gasteiger partial charge in [0.15, 0.2) is 0 Å². The van der Waals surface area contributed by atoms with E-state index in [9.17, 15) is 9.59 Å². The molecule has 0 aliphatic carbocycles. The smallest absolute Gasteiger partial charge is 0.261 e. The normalized spacial score (nSPS) is 10.6. The lowest BCUT2D eigenvalue weighted by atomic mass is 10.3. The van der Waals surface area contributed by atoms with Crippen molar-refractivity contribution in [3.05, 3.63) is 34.0 Å². The van der Waals surface area contributed by atoms with Gasteiger partial charge in [-0.3, -0.25) is 9.59 Å². The van der Waals surface area contributed by atoms with Crippen LogP contribution in [0.2, 0.25) is 0 Å². The van der Waals surface area contributed by atoms with Crippen molar-refractivity contribution < 1.29 is 9.59 Å². The number of allylic oxidation sites excluding steroid dienone is 1. The Labute approximate surface area is 111 Å². The van der Waals surface area contributed by atoms with Crippen molar-refractivity contribution in [1.29, 1.82) is 0 Å². The van der Waals surface area contributed by atoms with Crippen LogP contribution in [0, 0.1) is 6.92 Å². The van der Waals surface area contributed by atoms with E-state index in [1.807, 2.05) is 32.1 Å². The van der Waals surface area contributed by atoms with Gasteiger partial charge in [-0.2, -0.15) is 0 Å². The fourth-order valence-electron chi connectivity index (χ4n) is 1.33. The highest BCUT2D eigenvalue weighted by Gasteiger charge is 2.09. The van der Waals surface area contributed by atoms with Crippen molar-refractivity contribution in [2.24, 2.45) is 0 Å². The molecule has 2 N–H and O–H groups in total. The van der Waals surface area contributed by atoms with Crippen molar-refractivity contribution in [2.45, 2.75) is 20.3 Å². The Morgan fingerprint density at radius 1 is 1.33 bits per heavy atom. The number of carbonyl (C=O) groups is 2. The molecule has 0 aliphatic heterocycles. The summed E-state index contributed by atoms with van der Waals surface area (Å²) >= 11 is 1.42. The zero-order chi connectivity index (χ0) is 13.4. The lowest BCUT2D eigenvalue weighted by molar-refractivity contribution is -0.120. The zero-order valence-electron chi connectivity index (χ0n) is 10.7. The number of nitrogens with one attached hydrogen (secondary N) is 2. The van der Waals surface area contributed by atoms with Crippen molar-refractivity contribution in [3.8, 4) is 0 Å². The Balaban J connectivity index is 2.24. The minimum absolute atomic E-state index is 0.0195. The predicted octanol–water partition coefficient (Wildman–Crippen LogP) is 1.87. The maximum atomic E-state index is 11.6. The Morgan fingerprint density at radius 2 is 2.11 bits per heavy atom. The van der Waals surface area contributed by atoms with Gasteiger partial charge >= 0.3 is 0 Å². The monoisotopic (exact) mass is 266 g/mol. The molecule has 0 saturated heterocycles. The van der Waals surface area contributed by atoms with Crippen molar-refractivity contribution in [1.82, 2.24) is 10.6 Å². The first-order valence-corrected chi connectivity index (χ1v) is 6.67. The van der Waals surface area contributed by atoms with Crippen molar-refractivity contribution in [2.75, 3.05) is 13.1 Å². The first-order chi connectivity index (χ1) is 8.63. The molecule has 98 valence electrons. The summed E-state index contributed by atoms with van der Waals surface area (Å²) in [7, 11) is 0. The molecule has 0 unspecified atom stereocenters. The van der Waals surface area contributed by atoms with Crippen LogP contribution in [0.3, 0.4) is 0 Å². The second-order valence-electron chi connectivity index (χ2n) is 3.80. The molecule has 0 aromatic carbocycles. The second kappa shape index (κ2) is 7.66. The van der Waals surface area contributed by atoms with Gasteiger partial charge in [-0.1, -0.05) is 12.2 Å². The van der Waals surface area contributed by atoms with Gasteiger partial charge in [0.2, 0.25) is 5.91 Å². The molecule has 0 radical (unpaired) electrons. The standard InChI is InChI=1S/C13H18N2O2S/c1-3-4-5-8-14-12(16)9-15-13(17)11-7-6-10(2)18-11/h3-4,6-7H,5,8-9H2,1-2H3,(H,14,16)(H,15,17)/b4-3+. The molecule has 18 heavy (non-hydrogen) atoms. The Kier molecular flexibility index (Phi) is 6.14. The van der Waals surface area contributed by atoms with Crippen molar-refractivity contribution in [3.63, 3.8) is 0 Å². The second-order valence-corrected chi connectivity index (χ2v) is 5.09. The number of amides is 2. The van der Waals surface area contributed by atoms with E-state index in [1.165, 1.54) is 11.3 Å². The molecular weight excluding hydrogens is 248 g/mol. The van der Waals surface area contributed by atoms with Gasteiger partial charge in [0.25, 0.3) is 5.91 Å². The van der Waals surface area contributed by atoms with E-state index in [0.29, 0.717) is 11.4 Å². The molecular formula is C13H18N2O2S. The summed E-state index contributed by atoms with van der Waals surface area (Å²) in [5.41, 5.74) is 0. The molecule has 1 aromatic heterocycles. The fraction of sp³-hybridized carbons (Fsp3) is 0.385. The molecule has 0 atom stereocenters. The summed E-state index contributed by atoms with van der Waals surface area (Å²) in [6.45, 7) is 4.49. The summed E-state index contributed by atoms with van der Waals surface area (Å²) in [5.74, 6) is -0.363. The molecule has 0 fully saturated rings. The van der Waals surface area contributed by atoms with Crippen LogP contribution in [0.5, 0.6) is 0 Å². The molecule has 0 aliphatic rings. The minimum Gasteiger partial charge on any atom is -0.354 e. The highest BCUT2D eigenvalue weighted by Crippen LogP contribution is 2.14. The highest BCUT2D eigenvalue weighted by molar-refractivity contribution is 7.13. The van der Waals surface area contributed by atoms with E-state index in [4.69, 9.17) is 0 Å². The number of aryl methyl sites for hydroxylation is 1. The number of carbonyl (C=O) groups excluding carboxylic acids is 2. The molecule has 1 aromatic rings. The predicted molar refractivity (Wildman–Crippen MR) is 73.8 cm³/mol. The van der Waals surface area contributed by atoms with Crippen molar-refractivity contribution >= 4 is 23.2 Å². The van der Waals surface area contributed by atoms with E-state index in [2.05, 4.69) is 10.6 Å². The van der Waals surface area contributed by atoms with Crippen LogP contribution in [-0.4, -0.2) is 24.9 Å². The fourth-order valence-corrected chi connectivity index (χ4v) is 2.11. The van der Waals surface area contributed by atoms with Gasteiger partial charge < -0.3 is 10.6 Å². The molecule has 2 amide bonds. The third-order valence-electron chi connectivity index (χ3n) is 2.24. The molecule has 1 rings (SSSR count). The first kappa shape index (κ1) is 14.4. The molecule has 1 heterocycles. The maximum absolute atomic E-state index is 11.6. The van der Waals surface area contributed by atoms with Crippen LogP contribution in [0.15, 0.2) is 24.3 Å². The lowest BCUT2D eigenvalue weighted by Crippen LogP contribution is -2.36. The van der Waals surface area contributed by atoms with Crippen LogP contribution in [0.4, 0.5) is 0 Å². The van der Waals surface area contributed by atoms with Crippen LogP contribution >= 0.6 is 11.3 Å². The highest BCUT2D eigenvalue weighted by atomic mass is 32.1. The maximum Gasteiger partial charge on any atom is 0.261 e. The third-order valence-corrected chi connectivity index (χ3v) is 3.24. The largest absolute Gasteiger partial charge is 0.354 e. The van der Waals surface area contributed by atoms with E-state index in [0.717, 1.165) is 11.3 Å². The van der Waals surface area contributed by atoms with Crippen LogP contribution < -0.4 is 10.6 Å². The van der Waals surface area contributed by atoms with Crippen LogP contribution in [0.1, 0.15) is 27.9 Å². The van der Waals surface area contributed by atoms with E-state index < -0.39 is 0 Å².